The van der Waals surface area contributed by atoms with E-state index in [-0.39, 0.29) is 18.4 Å². The van der Waals surface area contributed by atoms with E-state index in [1.54, 1.807) is 6.07 Å². The normalized spacial score (nSPS) is 21.0. The first-order chi connectivity index (χ1) is 7.65. The molecule has 0 aliphatic carbocycles. The maximum atomic E-state index is 13.0. The number of nitrogens with zero attached hydrogens (tertiary/aromatic N) is 1. The van der Waals surface area contributed by atoms with Crippen molar-refractivity contribution in [3.05, 3.63) is 35.4 Å². The van der Waals surface area contributed by atoms with E-state index in [1.165, 1.54) is 12.1 Å². The van der Waals surface area contributed by atoms with E-state index in [1.807, 2.05) is 0 Å². The molecule has 17 heavy (non-hydrogen) atoms. The van der Waals surface area contributed by atoms with Gasteiger partial charge in [0.1, 0.15) is 0 Å². The highest BCUT2D eigenvalue weighted by molar-refractivity contribution is 5.85. The summed E-state index contributed by atoms with van der Waals surface area (Å²) in [6, 6.07) is 4.27. The average molecular weight is 263 g/mol. The Kier molecular flexibility index (Phi) is 5.31. The van der Waals surface area contributed by atoms with Crippen LogP contribution in [0.15, 0.2) is 18.2 Å². The molecule has 2 nitrogen and oxygen atoms in total. The predicted molar refractivity (Wildman–Crippen MR) is 66.1 cm³/mol. The molecular formula is C12H17ClF2N2. The standard InChI is InChI=1S/C12H16F2N2.ClH/c13-11-4-3-9(6-12(11)14)7-16-5-1-2-10(15)8-16;/h3-4,6,10H,1-2,5,7-8,15H2;1H/t10-;/m1./s1. The van der Waals surface area contributed by atoms with E-state index in [9.17, 15) is 8.78 Å². The number of nitrogens with two attached hydrogens (primary N) is 1. The number of hydrogen-bond acceptors (Lipinski definition) is 2. The highest BCUT2D eigenvalue weighted by Crippen LogP contribution is 2.14. The van der Waals surface area contributed by atoms with Crippen molar-refractivity contribution in [2.45, 2.75) is 25.4 Å². The zero-order valence-corrected chi connectivity index (χ0v) is 10.4. The van der Waals surface area contributed by atoms with E-state index in [0.717, 1.165) is 31.5 Å². The molecule has 0 aromatic heterocycles. The Morgan fingerprint density at radius 2 is 2.06 bits per heavy atom. The van der Waals surface area contributed by atoms with Crippen LogP contribution < -0.4 is 5.73 Å². The van der Waals surface area contributed by atoms with Crippen molar-refractivity contribution in [3.8, 4) is 0 Å². The van der Waals surface area contributed by atoms with Crippen molar-refractivity contribution < 1.29 is 8.78 Å². The Balaban J connectivity index is 0.00000144. The Morgan fingerprint density at radius 1 is 1.29 bits per heavy atom. The van der Waals surface area contributed by atoms with Gasteiger partial charge in [0, 0.05) is 19.1 Å². The molecule has 1 aliphatic rings. The van der Waals surface area contributed by atoms with Crippen LogP contribution in [0.25, 0.3) is 0 Å². The van der Waals surface area contributed by atoms with E-state index in [4.69, 9.17) is 5.73 Å². The number of benzene rings is 1. The van der Waals surface area contributed by atoms with Gasteiger partial charge < -0.3 is 5.73 Å². The first-order valence-corrected chi connectivity index (χ1v) is 5.57. The third-order valence-electron chi connectivity index (χ3n) is 2.93. The van der Waals surface area contributed by atoms with Gasteiger partial charge in [-0.3, -0.25) is 4.90 Å². The van der Waals surface area contributed by atoms with Crippen LogP contribution in [0.2, 0.25) is 0 Å². The van der Waals surface area contributed by atoms with E-state index in [2.05, 4.69) is 4.90 Å². The summed E-state index contributed by atoms with van der Waals surface area (Å²) < 4.78 is 25.7. The molecule has 5 heteroatoms. The average Bonchev–Trinajstić information content (AvgIpc) is 2.24. The highest BCUT2D eigenvalue weighted by Gasteiger charge is 2.16. The largest absolute Gasteiger partial charge is 0.327 e. The minimum absolute atomic E-state index is 0. The Labute approximate surface area is 106 Å². The molecule has 1 heterocycles. The fraction of sp³-hybridized carbons (Fsp3) is 0.500. The molecule has 1 aliphatic heterocycles. The molecule has 1 aromatic carbocycles. The Hall–Kier alpha value is -0.710. The molecule has 2 rings (SSSR count). The van der Waals surface area contributed by atoms with Crippen molar-refractivity contribution in [2.24, 2.45) is 5.73 Å². The van der Waals surface area contributed by atoms with E-state index in [0.29, 0.717) is 6.54 Å². The second-order valence-electron chi connectivity index (χ2n) is 4.39. The smallest absolute Gasteiger partial charge is 0.159 e. The van der Waals surface area contributed by atoms with Crippen LogP contribution in [-0.2, 0) is 6.54 Å². The number of rotatable bonds is 2. The quantitative estimate of drug-likeness (QED) is 0.886. The zero-order valence-electron chi connectivity index (χ0n) is 9.53. The van der Waals surface area contributed by atoms with Gasteiger partial charge in [-0.05, 0) is 37.1 Å². The summed E-state index contributed by atoms with van der Waals surface area (Å²) in [5.74, 6) is -1.57. The van der Waals surface area contributed by atoms with Crippen molar-refractivity contribution in [1.82, 2.24) is 4.90 Å². The second kappa shape index (κ2) is 6.28. The molecule has 2 N–H and O–H groups in total. The molecule has 96 valence electrons. The van der Waals surface area contributed by atoms with Gasteiger partial charge in [0.05, 0.1) is 0 Å². The summed E-state index contributed by atoms with van der Waals surface area (Å²) in [6.07, 6.45) is 2.12. The van der Waals surface area contributed by atoms with Crippen LogP contribution in [0.3, 0.4) is 0 Å². The predicted octanol–water partition coefficient (Wildman–Crippen LogP) is 2.31. The van der Waals surface area contributed by atoms with Gasteiger partial charge in [0.25, 0.3) is 0 Å². The molecule has 1 fully saturated rings. The van der Waals surface area contributed by atoms with Crippen LogP contribution in [-0.4, -0.2) is 24.0 Å². The van der Waals surface area contributed by atoms with Crippen LogP contribution in [0, 0.1) is 11.6 Å². The summed E-state index contributed by atoms with van der Waals surface area (Å²) >= 11 is 0. The van der Waals surface area contributed by atoms with Gasteiger partial charge >= 0.3 is 0 Å². The van der Waals surface area contributed by atoms with Crippen molar-refractivity contribution in [1.29, 1.82) is 0 Å². The summed E-state index contributed by atoms with van der Waals surface area (Å²) in [5.41, 5.74) is 6.66. The lowest BCUT2D eigenvalue weighted by molar-refractivity contribution is 0.201. The fourth-order valence-corrected chi connectivity index (χ4v) is 2.13. The van der Waals surface area contributed by atoms with Crippen molar-refractivity contribution >= 4 is 12.4 Å². The molecule has 0 radical (unpaired) electrons. The van der Waals surface area contributed by atoms with Crippen molar-refractivity contribution in [3.63, 3.8) is 0 Å². The lowest BCUT2D eigenvalue weighted by atomic mass is 10.1. The van der Waals surface area contributed by atoms with Gasteiger partial charge in [0.15, 0.2) is 11.6 Å². The van der Waals surface area contributed by atoms with E-state index >= 15 is 0 Å². The molecule has 1 saturated heterocycles. The lowest BCUT2D eigenvalue weighted by Crippen LogP contribution is -2.42. The summed E-state index contributed by atoms with van der Waals surface area (Å²) in [7, 11) is 0. The molecule has 1 aromatic rings. The maximum Gasteiger partial charge on any atom is 0.159 e. The zero-order chi connectivity index (χ0) is 11.5. The van der Waals surface area contributed by atoms with Gasteiger partial charge in [-0.15, -0.1) is 12.4 Å². The van der Waals surface area contributed by atoms with Gasteiger partial charge in [-0.2, -0.15) is 0 Å². The summed E-state index contributed by atoms with van der Waals surface area (Å²) in [6.45, 7) is 2.45. The topological polar surface area (TPSA) is 29.3 Å². The third-order valence-corrected chi connectivity index (χ3v) is 2.93. The third kappa shape index (κ3) is 3.91. The first-order valence-electron chi connectivity index (χ1n) is 5.57. The van der Waals surface area contributed by atoms with Gasteiger partial charge in [-0.25, -0.2) is 8.78 Å². The monoisotopic (exact) mass is 262 g/mol. The Morgan fingerprint density at radius 3 is 2.71 bits per heavy atom. The highest BCUT2D eigenvalue weighted by atomic mass is 35.5. The minimum Gasteiger partial charge on any atom is -0.327 e. The number of piperidine rings is 1. The van der Waals surface area contributed by atoms with Gasteiger partial charge in [0.2, 0.25) is 0 Å². The molecule has 0 bridgehead atoms. The molecule has 0 amide bonds. The van der Waals surface area contributed by atoms with Gasteiger partial charge in [-0.1, -0.05) is 6.07 Å². The number of likely N-dealkylation sites (tertiary alicyclic amines) is 1. The fourth-order valence-electron chi connectivity index (χ4n) is 2.13. The maximum absolute atomic E-state index is 13.0. The minimum atomic E-state index is -0.793. The first kappa shape index (κ1) is 14.4. The molecular weight excluding hydrogens is 246 g/mol. The summed E-state index contributed by atoms with van der Waals surface area (Å²) in [5, 5.41) is 0. The number of halogens is 3. The molecule has 0 unspecified atom stereocenters. The van der Waals surface area contributed by atoms with Crippen molar-refractivity contribution in [2.75, 3.05) is 13.1 Å². The van der Waals surface area contributed by atoms with Crippen LogP contribution >= 0.6 is 12.4 Å². The Bertz CT molecular complexity index is 374. The summed E-state index contributed by atoms with van der Waals surface area (Å²) in [4.78, 5) is 2.18. The molecule has 1 atom stereocenters. The van der Waals surface area contributed by atoms with Crippen LogP contribution in [0.1, 0.15) is 18.4 Å². The number of hydrogen-bond donors (Lipinski definition) is 1. The molecule has 0 spiro atoms. The lowest BCUT2D eigenvalue weighted by Gasteiger charge is -2.30. The second-order valence-corrected chi connectivity index (χ2v) is 4.39. The SMILES string of the molecule is Cl.N[C@@H]1CCCN(Cc2ccc(F)c(F)c2)C1. The van der Waals surface area contributed by atoms with Crippen LogP contribution in [0.5, 0.6) is 0 Å². The van der Waals surface area contributed by atoms with E-state index < -0.39 is 11.6 Å². The van der Waals surface area contributed by atoms with Crippen LogP contribution in [0.4, 0.5) is 8.78 Å². The molecule has 0 saturated carbocycles.